The molecular formula is C45H33NO2. The van der Waals surface area contributed by atoms with Gasteiger partial charge in [-0.15, -0.1) is 0 Å². The van der Waals surface area contributed by atoms with E-state index in [0.717, 1.165) is 61.0 Å². The summed E-state index contributed by atoms with van der Waals surface area (Å²) in [5.41, 5.74) is 8.58. The fourth-order valence-corrected chi connectivity index (χ4v) is 6.51. The van der Waals surface area contributed by atoms with E-state index in [-0.39, 0.29) is 17.1 Å². The zero-order valence-corrected chi connectivity index (χ0v) is 26.7. The van der Waals surface area contributed by atoms with Gasteiger partial charge in [-0.2, -0.15) is 0 Å². The molecule has 6 aromatic carbocycles. The highest BCUT2D eigenvalue weighted by Crippen LogP contribution is 2.39. The molecule has 0 saturated heterocycles. The molecule has 0 N–H and O–H groups in total. The van der Waals surface area contributed by atoms with Gasteiger partial charge in [0.25, 0.3) is 0 Å². The molecule has 0 atom stereocenters. The Morgan fingerprint density at radius 2 is 1.04 bits per heavy atom. The van der Waals surface area contributed by atoms with Gasteiger partial charge in [-0.3, -0.25) is 9.59 Å². The van der Waals surface area contributed by atoms with Gasteiger partial charge in [-0.05, 0) is 117 Å². The lowest BCUT2D eigenvalue weighted by Crippen LogP contribution is -2.10. The van der Waals surface area contributed by atoms with Crippen LogP contribution in [0.25, 0.3) is 51.9 Å². The van der Waals surface area contributed by atoms with Crippen molar-refractivity contribution in [3.63, 3.8) is 0 Å². The van der Waals surface area contributed by atoms with Crippen LogP contribution in [-0.2, 0) is 0 Å². The van der Waals surface area contributed by atoms with Gasteiger partial charge in [0.15, 0.2) is 11.6 Å². The number of allylic oxidation sites excluding steroid dienone is 2. The zero-order valence-electron chi connectivity index (χ0n) is 26.7. The maximum Gasteiger partial charge on any atom is 0.197 e. The Hall–Kier alpha value is -6.32. The van der Waals surface area contributed by atoms with E-state index in [1.54, 1.807) is 24.3 Å². The number of fused-ring (bicyclic) bond motifs is 3. The Kier molecular flexibility index (Phi) is 7.88. The first-order valence-electron chi connectivity index (χ1n) is 15.9. The fourth-order valence-electron chi connectivity index (χ4n) is 6.51. The summed E-state index contributed by atoms with van der Waals surface area (Å²) in [6.45, 7) is 13.8. The van der Waals surface area contributed by atoms with Crippen LogP contribution in [0.1, 0.15) is 55.5 Å². The van der Waals surface area contributed by atoms with Crippen molar-refractivity contribution in [2.75, 3.05) is 4.90 Å². The minimum atomic E-state index is -0.257. The standard InChI is InChI=1S/C45H33NO2/c1-5-11-34-28-42-41(27-32(34)8-4)44(47)43(45(42)48)23-29-14-15-37-26-40(21-18-36(37)22-29)46(38-19-16-30(6-2)31(7-3)24-38)39-20-17-33-12-9-10-13-35(33)25-39/h5-28H,2-4H2,1H3/b11-5-,43-23?. The molecule has 0 unspecified atom stereocenters. The molecule has 1 aliphatic rings. The van der Waals surface area contributed by atoms with Gasteiger partial charge in [0, 0.05) is 28.2 Å². The van der Waals surface area contributed by atoms with Gasteiger partial charge < -0.3 is 4.90 Å². The molecule has 0 radical (unpaired) electrons. The number of nitrogens with zero attached hydrogens (tertiary/aromatic N) is 1. The first-order chi connectivity index (χ1) is 23.4. The molecular weight excluding hydrogens is 587 g/mol. The molecule has 0 bridgehead atoms. The van der Waals surface area contributed by atoms with Crippen molar-refractivity contribution in [2.24, 2.45) is 0 Å². The first kappa shape index (κ1) is 30.3. The van der Waals surface area contributed by atoms with Crippen molar-refractivity contribution in [2.45, 2.75) is 6.92 Å². The summed E-state index contributed by atoms with van der Waals surface area (Å²) < 4.78 is 0. The van der Waals surface area contributed by atoms with E-state index in [2.05, 4.69) is 103 Å². The van der Waals surface area contributed by atoms with Gasteiger partial charge in [0.2, 0.25) is 0 Å². The third-order valence-corrected chi connectivity index (χ3v) is 8.94. The molecule has 7 rings (SSSR count). The first-order valence-corrected chi connectivity index (χ1v) is 15.9. The summed E-state index contributed by atoms with van der Waals surface area (Å²) in [5.74, 6) is -0.507. The molecule has 3 heteroatoms. The molecule has 0 saturated carbocycles. The Morgan fingerprint density at radius 1 is 0.521 bits per heavy atom. The maximum absolute atomic E-state index is 13.4. The molecule has 1 aliphatic carbocycles. The second kappa shape index (κ2) is 12.5. The normalized spacial score (nSPS) is 13.4. The van der Waals surface area contributed by atoms with Gasteiger partial charge in [-0.25, -0.2) is 0 Å². The Morgan fingerprint density at radius 3 is 1.71 bits per heavy atom. The number of anilines is 3. The van der Waals surface area contributed by atoms with Crippen LogP contribution in [0.5, 0.6) is 0 Å². The summed E-state index contributed by atoms with van der Waals surface area (Å²) in [6.07, 6.45) is 10.9. The minimum Gasteiger partial charge on any atom is -0.310 e. The Bertz CT molecular complexity index is 2400. The van der Waals surface area contributed by atoms with Gasteiger partial charge >= 0.3 is 0 Å². The quantitative estimate of drug-likeness (QED) is 0.126. The lowest BCUT2D eigenvalue weighted by Gasteiger charge is -2.27. The molecule has 230 valence electrons. The number of Topliss-reactive ketones (excluding diaryl/α,β-unsaturated/α-hetero) is 2. The molecule has 6 aromatic rings. The average molecular weight is 620 g/mol. The van der Waals surface area contributed by atoms with Crippen molar-refractivity contribution in [1.82, 2.24) is 0 Å². The number of rotatable bonds is 8. The molecule has 0 spiro atoms. The van der Waals surface area contributed by atoms with Crippen LogP contribution >= 0.6 is 0 Å². The number of carbonyl (C=O) groups excluding carboxylic acids is 2. The van der Waals surface area contributed by atoms with Crippen LogP contribution in [-0.4, -0.2) is 11.6 Å². The predicted molar refractivity (Wildman–Crippen MR) is 204 cm³/mol. The molecule has 0 aromatic heterocycles. The second-order valence-electron chi connectivity index (χ2n) is 11.8. The third-order valence-electron chi connectivity index (χ3n) is 8.94. The van der Waals surface area contributed by atoms with Crippen LogP contribution < -0.4 is 4.90 Å². The SMILES string of the molecule is C=Cc1ccc(N(c2ccc3ccccc3c2)c2ccc3cc(C=C4C(=O)c5cc(C=C)c(/C=C\C)cc5C4=O)ccc3c2)cc1C=C. The summed E-state index contributed by atoms with van der Waals surface area (Å²) in [5, 5.41) is 4.37. The summed E-state index contributed by atoms with van der Waals surface area (Å²) >= 11 is 0. The maximum atomic E-state index is 13.4. The lowest BCUT2D eigenvalue weighted by molar-refractivity contribution is 0.0990. The van der Waals surface area contributed by atoms with Crippen LogP contribution in [0, 0.1) is 0 Å². The topological polar surface area (TPSA) is 37.4 Å². The second-order valence-corrected chi connectivity index (χ2v) is 11.8. The molecule has 0 fully saturated rings. The van der Waals surface area contributed by atoms with Crippen molar-refractivity contribution in [3.8, 4) is 0 Å². The van der Waals surface area contributed by atoms with E-state index >= 15 is 0 Å². The molecule has 0 amide bonds. The van der Waals surface area contributed by atoms with Crippen molar-refractivity contribution in [3.05, 3.63) is 180 Å². The van der Waals surface area contributed by atoms with Crippen molar-refractivity contribution in [1.29, 1.82) is 0 Å². The highest BCUT2D eigenvalue weighted by Gasteiger charge is 2.33. The molecule has 0 aliphatic heterocycles. The Balaban J connectivity index is 1.29. The highest BCUT2D eigenvalue weighted by molar-refractivity contribution is 6.41. The van der Waals surface area contributed by atoms with E-state index < -0.39 is 0 Å². The van der Waals surface area contributed by atoms with Gasteiger partial charge in [-0.1, -0.05) is 105 Å². The van der Waals surface area contributed by atoms with Crippen LogP contribution in [0.2, 0.25) is 0 Å². The summed E-state index contributed by atoms with van der Waals surface area (Å²) in [6, 6.07) is 37.1. The van der Waals surface area contributed by atoms with E-state index in [1.807, 2.05) is 49.4 Å². The number of hydrogen-bond donors (Lipinski definition) is 0. The highest BCUT2D eigenvalue weighted by atomic mass is 16.2. The van der Waals surface area contributed by atoms with Crippen molar-refractivity contribution < 1.29 is 9.59 Å². The predicted octanol–water partition coefficient (Wildman–Crippen LogP) is 11.9. The van der Waals surface area contributed by atoms with E-state index in [1.165, 1.54) is 5.39 Å². The van der Waals surface area contributed by atoms with Crippen LogP contribution in [0.15, 0.2) is 141 Å². The van der Waals surface area contributed by atoms with Gasteiger partial charge in [0.05, 0.1) is 5.57 Å². The zero-order chi connectivity index (χ0) is 33.4. The Labute approximate surface area is 280 Å². The molecule has 48 heavy (non-hydrogen) atoms. The minimum absolute atomic E-state index is 0.178. The summed E-state index contributed by atoms with van der Waals surface area (Å²) in [7, 11) is 0. The van der Waals surface area contributed by atoms with E-state index in [9.17, 15) is 9.59 Å². The van der Waals surface area contributed by atoms with Crippen LogP contribution in [0.3, 0.4) is 0 Å². The fraction of sp³-hybridized carbons (Fsp3) is 0.0222. The monoisotopic (exact) mass is 619 g/mol. The van der Waals surface area contributed by atoms with E-state index in [4.69, 9.17) is 0 Å². The van der Waals surface area contributed by atoms with Gasteiger partial charge in [0.1, 0.15) is 0 Å². The number of ketones is 2. The third kappa shape index (κ3) is 5.32. The average Bonchev–Trinajstić information content (AvgIpc) is 3.34. The lowest BCUT2D eigenvalue weighted by atomic mass is 9.99. The smallest absolute Gasteiger partial charge is 0.197 e. The number of carbonyl (C=O) groups is 2. The largest absolute Gasteiger partial charge is 0.310 e. The van der Waals surface area contributed by atoms with Crippen molar-refractivity contribution >= 4 is 80.6 Å². The number of benzene rings is 6. The van der Waals surface area contributed by atoms with Crippen LogP contribution in [0.4, 0.5) is 17.1 Å². The summed E-state index contributed by atoms with van der Waals surface area (Å²) in [4.78, 5) is 29.1. The van der Waals surface area contributed by atoms with E-state index in [0.29, 0.717) is 11.1 Å². The number of hydrogen-bond acceptors (Lipinski definition) is 3. The molecule has 0 heterocycles. The molecule has 3 nitrogen and oxygen atoms in total.